The minimum atomic E-state index is 0.396. The maximum atomic E-state index is 6.01. The third kappa shape index (κ3) is 4.93. The van der Waals surface area contributed by atoms with Crippen molar-refractivity contribution in [2.75, 3.05) is 5.32 Å². The van der Waals surface area contributed by atoms with Crippen LogP contribution in [0.15, 0.2) is 54.6 Å². The molecule has 0 bridgehead atoms. The van der Waals surface area contributed by atoms with Crippen LogP contribution in [0.5, 0.6) is 0 Å². The van der Waals surface area contributed by atoms with E-state index >= 15 is 0 Å². The van der Waals surface area contributed by atoms with E-state index in [2.05, 4.69) is 67.7 Å². The van der Waals surface area contributed by atoms with Crippen LogP contribution < -0.4 is 5.32 Å². The lowest BCUT2D eigenvalue weighted by Gasteiger charge is -2.36. The summed E-state index contributed by atoms with van der Waals surface area (Å²) in [5.41, 5.74) is 4.58. The van der Waals surface area contributed by atoms with Crippen molar-refractivity contribution in [3.8, 4) is 0 Å². The van der Waals surface area contributed by atoms with Gasteiger partial charge in [-0.25, -0.2) is 0 Å². The van der Waals surface area contributed by atoms with Gasteiger partial charge in [-0.2, -0.15) is 0 Å². The first-order chi connectivity index (χ1) is 13.1. The van der Waals surface area contributed by atoms with E-state index in [-0.39, 0.29) is 0 Å². The van der Waals surface area contributed by atoms with Gasteiger partial charge >= 0.3 is 0 Å². The summed E-state index contributed by atoms with van der Waals surface area (Å²) in [5.74, 6) is 0.756. The molecule has 0 spiro atoms. The third-order valence-corrected chi connectivity index (χ3v) is 6.52. The first-order valence-electron chi connectivity index (χ1n) is 10.6. The van der Waals surface area contributed by atoms with Gasteiger partial charge in [0.2, 0.25) is 0 Å². The molecule has 0 aromatic heterocycles. The maximum absolute atomic E-state index is 6.01. The van der Waals surface area contributed by atoms with Crippen molar-refractivity contribution in [3.05, 3.63) is 65.7 Å². The number of ether oxygens (including phenoxy) is 1. The molecule has 1 N–H and O–H groups in total. The van der Waals surface area contributed by atoms with Crippen LogP contribution in [0.1, 0.15) is 69.4 Å². The zero-order chi connectivity index (χ0) is 18.7. The van der Waals surface area contributed by atoms with Crippen molar-refractivity contribution in [1.29, 1.82) is 0 Å². The quantitative estimate of drug-likeness (QED) is 0.630. The average Bonchev–Trinajstić information content (AvgIpc) is 2.65. The molecule has 0 heterocycles. The fourth-order valence-corrected chi connectivity index (χ4v) is 4.43. The van der Waals surface area contributed by atoms with E-state index in [1.165, 1.54) is 42.5 Å². The van der Waals surface area contributed by atoms with Crippen molar-refractivity contribution in [1.82, 2.24) is 0 Å². The first kappa shape index (κ1) is 18.6. The molecule has 2 aromatic rings. The molecule has 0 saturated heterocycles. The van der Waals surface area contributed by atoms with Crippen LogP contribution in [0.25, 0.3) is 0 Å². The van der Waals surface area contributed by atoms with Gasteiger partial charge in [-0.3, -0.25) is 0 Å². The van der Waals surface area contributed by atoms with Crippen LogP contribution in [0.3, 0.4) is 0 Å². The van der Waals surface area contributed by atoms with Crippen molar-refractivity contribution in [3.63, 3.8) is 0 Å². The van der Waals surface area contributed by atoms with E-state index in [1.54, 1.807) is 0 Å². The summed E-state index contributed by atoms with van der Waals surface area (Å²) in [5, 5.41) is 3.67. The van der Waals surface area contributed by atoms with Crippen LogP contribution >= 0.6 is 0 Å². The molecule has 27 heavy (non-hydrogen) atoms. The van der Waals surface area contributed by atoms with Crippen molar-refractivity contribution >= 4 is 5.69 Å². The zero-order valence-corrected chi connectivity index (χ0v) is 16.8. The highest BCUT2D eigenvalue weighted by Gasteiger charge is 2.30. The highest BCUT2D eigenvalue weighted by Crippen LogP contribution is 2.42. The summed E-state index contributed by atoms with van der Waals surface area (Å²) in [6.45, 7) is 5.54. The first-order valence-corrected chi connectivity index (χ1v) is 10.6. The summed E-state index contributed by atoms with van der Waals surface area (Å²) in [4.78, 5) is 0. The topological polar surface area (TPSA) is 21.3 Å². The standard InChI is InChI=1S/C25H33NO/c1-25(2)14-12-21(13-15-25)20-8-10-22(11-9-20)26-23-16-24(17-23)27-18-19-6-4-3-5-7-19/h3-11,21,23-24,26H,12-18H2,1-2H3. The predicted molar refractivity (Wildman–Crippen MR) is 113 cm³/mol. The average molecular weight is 364 g/mol. The van der Waals surface area contributed by atoms with Gasteiger partial charge in [0.1, 0.15) is 0 Å². The van der Waals surface area contributed by atoms with Crippen molar-refractivity contribution in [2.45, 2.75) is 77.0 Å². The van der Waals surface area contributed by atoms with Gasteiger partial charge in [0.15, 0.2) is 0 Å². The minimum absolute atomic E-state index is 0.396. The molecule has 0 radical (unpaired) electrons. The molecule has 0 atom stereocenters. The van der Waals surface area contributed by atoms with Crippen LogP contribution in [-0.2, 0) is 11.3 Å². The second-order valence-electron chi connectivity index (χ2n) is 9.29. The van der Waals surface area contributed by atoms with Crippen LogP contribution in [0.4, 0.5) is 5.69 Å². The molecule has 2 aliphatic rings. The lowest BCUT2D eigenvalue weighted by Crippen LogP contribution is -2.40. The summed E-state index contributed by atoms with van der Waals surface area (Å²) in [6.07, 6.45) is 7.98. The van der Waals surface area contributed by atoms with Gasteiger partial charge in [0.05, 0.1) is 12.7 Å². The largest absolute Gasteiger partial charge is 0.382 e. The maximum Gasteiger partial charge on any atom is 0.0720 e. The molecule has 144 valence electrons. The van der Waals surface area contributed by atoms with Crippen molar-refractivity contribution in [2.24, 2.45) is 5.41 Å². The number of anilines is 1. The van der Waals surface area contributed by atoms with Gasteiger partial charge in [-0.1, -0.05) is 56.3 Å². The van der Waals surface area contributed by atoms with Crippen LogP contribution in [0, 0.1) is 5.41 Å². The highest BCUT2D eigenvalue weighted by molar-refractivity contribution is 5.46. The van der Waals surface area contributed by atoms with E-state index in [0.29, 0.717) is 17.6 Å². The Balaban J connectivity index is 1.20. The summed E-state index contributed by atoms with van der Waals surface area (Å²) in [7, 11) is 0. The molecule has 0 amide bonds. The van der Waals surface area contributed by atoms with Gasteiger partial charge in [0, 0.05) is 11.7 Å². The van der Waals surface area contributed by atoms with Crippen LogP contribution in [0.2, 0.25) is 0 Å². The molecular formula is C25H33NO. The number of nitrogens with one attached hydrogen (secondary N) is 1. The Hall–Kier alpha value is -1.80. The molecule has 2 fully saturated rings. The SMILES string of the molecule is CC1(C)CCC(c2ccc(NC3CC(OCc4ccccc4)C3)cc2)CC1. The monoisotopic (exact) mass is 363 g/mol. The van der Waals surface area contributed by atoms with E-state index in [4.69, 9.17) is 4.74 Å². The lowest BCUT2D eigenvalue weighted by molar-refractivity contribution is -0.0150. The lowest BCUT2D eigenvalue weighted by atomic mass is 9.71. The second-order valence-corrected chi connectivity index (χ2v) is 9.29. The van der Waals surface area contributed by atoms with Crippen molar-refractivity contribution < 1.29 is 4.74 Å². The Labute approximate surface area is 164 Å². The smallest absolute Gasteiger partial charge is 0.0720 e. The fourth-order valence-electron chi connectivity index (χ4n) is 4.43. The molecular weight excluding hydrogens is 330 g/mol. The molecule has 2 aliphatic carbocycles. The molecule has 2 heteroatoms. The van der Waals surface area contributed by atoms with Crippen LogP contribution in [-0.4, -0.2) is 12.1 Å². The Kier molecular flexibility index (Phi) is 5.54. The summed E-state index contributed by atoms with van der Waals surface area (Å²) >= 11 is 0. The number of benzene rings is 2. The van der Waals surface area contributed by atoms with E-state index < -0.39 is 0 Å². The second kappa shape index (κ2) is 8.06. The highest BCUT2D eigenvalue weighted by atomic mass is 16.5. The number of hydrogen-bond donors (Lipinski definition) is 1. The summed E-state index contributed by atoms with van der Waals surface area (Å²) < 4.78 is 6.01. The molecule has 0 unspecified atom stereocenters. The third-order valence-electron chi connectivity index (χ3n) is 6.52. The number of rotatable bonds is 6. The molecule has 2 nitrogen and oxygen atoms in total. The molecule has 4 rings (SSSR count). The van der Waals surface area contributed by atoms with E-state index in [9.17, 15) is 0 Å². The van der Waals surface area contributed by atoms with E-state index in [1.807, 2.05) is 6.07 Å². The summed E-state index contributed by atoms with van der Waals surface area (Å²) in [6, 6.07) is 20.2. The molecule has 2 aromatic carbocycles. The predicted octanol–water partition coefficient (Wildman–Crippen LogP) is 6.53. The van der Waals surface area contributed by atoms with Gasteiger partial charge in [0.25, 0.3) is 0 Å². The Bertz CT molecular complexity index is 706. The van der Waals surface area contributed by atoms with Gasteiger partial charge in [-0.15, -0.1) is 0 Å². The molecule has 0 aliphatic heterocycles. The Morgan fingerprint density at radius 3 is 2.26 bits per heavy atom. The Morgan fingerprint density at radius 1 is 0.926 bits per heavy atom. The zero-order valence-electron chi connectivity index (χ0n) is 16.8. The van der Waals surface area contributed by atoms with Gasteiger partial charge < -0.3 is 10.1 Å². The minimum Gasteiger partial charge on any atom is -0.382 e. The fraction of sp³-hybridized carbons (Fsp3) is 0.520. The Morgan fingerprint density at radius 2 is 1.59 bits per heavy atom. The van der Waals surface area contributed by atoms with Gasteiger partial charge in [-0.05, 0) is 73.1 Å². The number of hydrogen-bond acceptors (Lipinski definition) is 2. The molecule has 2 saturated carbocycles. The normalized spacial score (nSPS) is 25.0. The van der Waals surface area contributed by atoms with E-state index in [0.717, 1.165) is 25.4 Å².